The number of carbonyl (C=O) groups excluding carboxylic acids is 1. The molecule has 26 heavy (non-hydrogen) atoms. The summed E-state index contributed by atoms with van der Waals surface area (Å²) in [6.07, 6.45) is 1.78. The molecule has 6 nitrogen and oxygen atoms in total. The molecule has 130 valence electrons. The Morgan fingerprint density at radius 3 is 2.73 bits per heavy atom. The van der Waals surface area contributed by atoms with Crippen LogP contribution in [0.15, 0.2) is 66.0 Å². The summed E-state index contributed by atoms with van der Waals surface area (Å²) in [4.78, 5) is 16.6. The zero-order valence-electron chi connectivity index (χ0n) is 14.2. The SMILES string of the molecule is CCn1nnnc1S[C@H](C(=O)c1c[nH]c2ccccc12)c1ccccc1. The van der Waals surface area contributed by atoms with Crippen LogP contribution in [0, 0.1) is 0 Å². The average molecular weight is 363 g/mol. The lowest BCUT2D eigenvalue weighted by Crippen LogP contribution is -2.11. The van der Waals surface area contributed by atoms with Gasteiger partial charge in [0.1, 0.15) is 5.25 Å². The van der Waals surface area contributed by atoms with E-state index in [1.54, 1.807) is 10.9 Å². The summed E-state index contributed by atoms with van der Waals surface area (Å²) in [5.41, 5.74) is 2.56. The Morgan fingerprint density at radius 1 is 1.15 bits per heavy atom. The van der Waals surface area contributed by atoms with Gasteiger partial charge in [0.25, 0.3) is 0 Å². The summed E-state index contributed by atoms with van der Waals surface area (Å²) >= 11 is 1.38. The molecule has 0 amide bonds. The highest BCUT2D eigenvalue weighted by atomic mass is 32.2. The van der Waals surface area contributed by atoms with Crippen molar-refractivity contribution in [2.45, 2.75) is 23.9 Å². The van der Waals surface area contributed by atoms with Crippen LogP contribution in [0.2, 0.25) is 0 Å². The molecule has 2 heterocycles. The molecule has 0 fully saturated rings. The monoisotopic (exact) mass is 363 g/mol. The Bertz CT molecular complexity index is 1040. The van der Waals surface area contributed by atoms with E-state index in [4.69, 9.17) is 0 Å². The van der Waals surface area contributed by atoms with Crippen LogP contribution < -0.4 is 0 Å². The first-order chi connectivity index (χ1) is 12.8. The van der Waals surface area contributed by atoms with Gasteiger partial charge in [-0.05, 0) is 29.0 Å². The summed E-state index contributed by atoms with van der Waals surface area (Å²) in [6, 6.07) is 17.6. The Kier molecular flexibility index (Phi) is 4.53. The van der Waals surface area contributed by atoms with Gasteiger partial charge in [-0.25, -0.2) is 4.68 Å². The fraction of sp³-hybridized carbons (Fsp3) is 0.158. The van der Waals surface area contributed by atoms with Crippen molar-refractivity contribution < 1.29 is 4.79 Å². The predicted octanol–water partition coefficient (Wildman–Crippen LogP) is 3.89. The largest absolute Gasteiger partial charge is 0.360 e. The second-order valence-electron chi connectivity index (χ2n) is 5.80. The lowest BCUT2D eigenvalue weighted by molar-refractivity contribution is 0.0991. The molecule has 4 aromatic rings. The van der Waals surface area contributed by atoms with E-state index in [0.717, 1.165) is 16.5 Å². The Labute approximate surface area is 154 Å². The average Bonchev–Trinajstić information content (AvgIpc) is 3.32. The number of aromatic nitrogens is 5. The molecular formula is C19H17N5OS. The third-order valence-electron chi connectivity index (χ3n) is 4.22. The van der Waals surface area contributed by atoms with Crippen molar-refractivity contribution >= 4 is 28.4 Å². The maximum absolute atomic E-state index is 13.4. The van der Waals surface area contributed by atoms with Gasteiger partial charge >= 0.3 is 0 Å². The number of H-pyrrole nitrogens is 1. The first-order valence-corrected chi connectivity index (χ1v) is 9.24. The second kappa shape index (κ2) is 7.13. The summed E-state index contributed by atoms with van der Waals surface area (Å²) in [5.74, 6) is 0.0318. The van der Waals surface area contributed by atoms with E-state index in [9.17, 15) is 4.79 Å². The minimum atomic E-state index is -0.424. The number of hydrogen-bond donors (Lipinski definition) is 1. The summed E-state index contributed by atoms with van der Waals surface area (Å²) in [6.45, 7) is 2.62. The molecule has 0 aliphatic rings. The normalized spacial score (nSPS) is 12.3. The second-order valence-corrected chi connectivity index (χ2v) is 6.87. The van der Waals surface area contributed by atoms with Crippen LogP contribution in [0.3, 0.4) is 0 Å². The quantitative estimate of drug-likeness (QED) is 0.415. The van der Waals surface area contributed by atoms with Crippen molar-refractivity contribution in [1.29, 1.82) is 0 Å². The van der Waals surface area contributed by atoms with Crippen LogP contribution >= 0.6 is 11.8 Å². The highest BCUT2D eigenvalue weighted by molar-refractivity contribution is 8.00. The molecule has 1 N–H and O–H groups in total. The number of carbonyl (C=O) groups is 1. The van der Waals surface area contributed by atoms with Crippen LogP contribution in [0.4, 0.5) is 0 Å². The molecule has 1 atom stereocenters. The third kappa shape index (κ3) is 3.01. The number of rotatable bonds is 6. The van der Waals surface area contributed by atoms with Gasteiger partial charge in [0.2, 0.25) is 5.16 Å². The maximum Gasteiger partial charge on any atom is 0.210 e. The predicted molar refractivity (Wildman–Crippen MR) is 101 cm³/mol. The first-order valence-electron chi connectivity index (χ1n) is 8.36. The molecule has 0 saturated heterocycles. The number of fused-ring (bicyclic) bond motifs is 1. The number of para-hydroxylation sites is 1. The number of aryl methyl sites for hydroxylation is 1. The number of nitrogens with zero attached hydrogens (tertiary/aromatic N) is 4. The van der Waals surface area contributed by atoms with Crippen LogP contribution in [0.1, 0.15) is 28.1 Å². The molecule has 2 aromatic heterocycles. The van der Waals surface area contributed by atoms with E-state index < -0.39 is 5.25 Å². The fourth-order valence-electron chi connectivity index (χ4n) is 2.90. The van der Waals surface area contributed by atoms with E-state index in [0.29, 0.717) is 17.3 Å². The maximum atomic E-state index is 13.4. The van der Waals surface area contributed by atoms with E-state index in [1.165, 1.54) is 11.8 Å². The summed E-state index contributed by atoms with van der Waals surface area (Å²) in [5, 5.41) is 12.9. The minimum Gasteiger partial charge on any atom is -0.360 e. The molecule has 0 spiro atoms. The Balaban J connectivity index is 1.76. The van der Waals surface area contributed by atoms with Crippen molar-refractivity contribution in [1.82, 2.24) is 25.2 Å². The number of benzene rings is 2. The lowest BCUT2D eigenvalue weighted by Gasteiger charge is -2.15. The third-order valence-corrected chi connectivity index (χ3v) is 5.44. The van der Waals surface area contributed by atoms with Gasteiger partial charge in [-0.3, -0.25) is 4.79 Å². The highest BCUT2D eigenvalue weighted by Crippen LogP contribution is 2.37. The van der Waals surface area contributed by atoms with E-state index in [-0.39, 0.29) is 5.78 Å². The smallest absolute Gasteiger partial charge is 0.210 e. The zero-order valence-corrected chi connectivity index (χ0v) is 15.0. The van der Waals surface area contributed by atoms with E-state index >= 15 is 0 Å². The number of hydrogen-bond acceptors (Lipinski definition) is 5. The van der Waals surface area contributed by atoms with Crippen LogP contribution in [0.25, 0.3) is 10.9 Å². The van der Waals surface area contributed by atoms with Crippen LogP contribution in [-0.4, -0.2) is 31.0 Å². The molecule has 0 bridgehead atoms. The number of ketones is 1. The molecule has 0 aliphatic heterocycles. The van der Waals surface area contributed by atoms with Crippen LogP contribution in [-0.2, 0) is 6.54 Å². The molecule has 2 aromatic carbocycles. The van der Waals surface area contributed by atoms with Crippen molar-refractivity contribution in [3.8, 4) is 0 Å². The van der Waals surface area contributed by atoms with Crippen LogP contribution in [0.5, 0.6) is 0 Å². The molecule has 4 rings (SSSR count). The van der Waals surface area contributed by atoms with E-state index in [1.807, 2.05) is 61.5 Å². The van der Waals surface area contributed by atoms with Gasteiger partial charge < -0.3 is 4.98 Å². The number of aromatic amines is 1. The lowest BCUT2D eigenvalue weighted by atomic mass is 10.0. The molecule has 0 saturated carbocycles. The minimum absolute atomic E-state index is 0.0318. The molecular weight excluding hydrogens is 346 g/mol. The molecule has 0 unspecified atom stereocenters. The van der Waals surface area contributed by atoms with Gasteiger partial charge in [-0.15, -0.1) is 5.10 Å². The van der Waals surface area contributed by atoms with Crippen molar-refractivity contribution in [3.05, 3.63) is 71.9 Å². The fourth-order valence-corrected chi connectivity index (χ4v) is 4.01. The van der Waals surface area contributed by atoms with Crippen molar-refractivity contribution in [2.24, 2.45) is 0 Å². The Hall–Kier alpha value is -2.93. The summed E-state index contributed by atoms with van der Waals surface area (Å²) < 4.78 is 1.70. The van der Waals surface area contributed by atoms with Crippen molar-refractivity contribution in [3.63, 3.8) is 0 Å². The summed E-state index contributed by atoms with van der Waals surface area (Å²) in [7, 11) is 0. The van der Waals surface area contributed by atoms with Gasteiger partial charge in [0.05, 0.1) is 0 Å². The molecule has 0 radical (unpaired) electrons. The zero-order chi connectivity index (χ0) is 17.9. The Morgan fingerprint density at radius 2 is 1.92 bits per heavy atom. The number of tetrazole rings is 1. The standard InChI is InChI=1S/C19H17N5OS/c1-2-24-19(21-22-23-24)26-18(13-8-4-3-5-9-13)17(25)15-12-20-16-11-7-6-10-14(15)16/h3-12,18,20H,2H2,1H3/t18-/m0/s1. The van der Waals surface area contributed by atoms with Gasteiger partial charge in [-0.2, -0.15) is 0 Å². The number of thioether (sulfide) groups is 1. The number of Topliss-reactive ketones (excluding diaryl/α,β-unsaturated/α-hetero) is 1. The highest BCUT2D eigenvalue weighted by Gasteiger charge is 2.27. The van der Waals surface area contributed by atoms with Crippen molar-refractivity contribution in [2.75, 3.05) is 0 Å². The first kappa shape index (κ1) is 16.5. The van der Waals surface area contributed by atoms with E-state index in [2.05, 4.69) is 20.5 Å². The molecule has 7 heteroatoms. The van der Waals surface area contributed by atoms with Gasteiger partial charge in [0.15, 0.2) is 5.78 Å². The number of nitrogens with one attached hydrogen (secondary N) is 1. The van der Waals surface area contributed by atoms with Gasteiger partial charge in [-0.1, -0.05) is 60.3 Å². The topological polar surface area (TPSA) is 76.5 Å². The van der Waals surface area contributed by atoms with Gasteiger partial charge in [0, 0.05) is 29.2 Å². The molecule has 0 aliphatic carbocycles.